The lowest BCUT2D eigenvalue weighted by molar-refractivity contribution is -0.149. The number of amidine groups is 1. The number of nitrogens with one attached hydrogen (secondary N) is 3. The quantitative estimate of drug-likeness (QED) is 0.134. The van der Waals surface area contributed by atoms with E-state index in [-0.39, 0.29) is 36.0 Å². The van der Waals surface area contributed by atoms with Gasteiger partial charge < -0.3 is 24.3 Å². The van der Waals surface area contributed by atoms with Gasteiger partial charge in [0.1, 0.15) is 11.6 Å². The molecule has 37 heavy (non-hydrogen) atoms. The predicted molar refractivity (Wildman–Crippen MR) is 129 cm³/mol. The topological polar surface area (TPSA) is 170 Å². The molecule has 0 heterocycles. The summed E-state index contributed by atoms with van der Waals surface area (Å²) in [6.07, 6.45) is -0.987. The van der Waals surface area contributed by atoms with Gasteiger partial charge in [-0.2, -0.15) is 0 Å². The average molecular weight is 514 g/mol. The van der Waals surface area contributed by atoms with Crippen LogP contribution in [-0.2, 0) is 23.8 Å². The summed E-state index contributed by atoms with van der Waals surface area (Å²) >= 11 is 0. The highest BCUT2D eigenvalue weighted by Crippen LogP contribution is 2.14. The fourth-order valence-electron chi connectivity index (χ4n) is 2.82. The minimum absolute atomic E-state index is 0.233. The molecule has 0 spiro atoms. The third-order valence-electron chi connectivity index (χ3n) is 4.66. The summed E-state index contributed by atoms with van der Waals surface area (Å²) < 4.78 is 19.1. The molecule has 0 radical (unpaired) electrons. The van der Waals surface area contributed by atoms with Crippen molar-refractivity contribution in [1.82, 2.24) is 10.6 Å². The molecule has 0 aliphatic rings. The number of carbonyl (C=O) groups excluding carboxylic acids is 5. The molecule has 0 aliphatic heterocycles. The molecule has 12 heteroatoms. The maximum absolute atomic E-state index is 12.7. The van der Waals surface area contributed by atoms with Gasteiger partial charge in [0.15, 0.2) is 12.4 Å². The Balaban J connectivity index is 1.88. The van der Waals surface area contributed by atoms with Crippen molar-refractivity contribution in [3.05, 3.63) is 65.2 Å². The number of alkyl carbamates (subject to hydrolysis) is 1. The maximum atomic E-state index is 12.7. The fourth-order valence-corrected chi connectivity index (χ4v) is 2.82. The first kappa shape index (κ1) is 28.5. The molecule has 0 aromatic heterocycles. The van der Waals surface area contributed by atoms with E-state index >= 15 is 0 Å². The Morgan fingerprint density at radius 2 is 1.46 bits per heavy atom. The third kappa shape index (κ3) is 9.43. The predicted octanol–water partition coefficient (Wildman–Crippen LogP) is 2.20. The van der Waals surface area contributed by atoms with E-state index in [0.29, 0.717) is 11.3 Å². The smallest absolute Gasteiger partial charge is 0.415 e. The second-order valence-corrected chi connectivity index (χ2v) is 7.44. The first-order valence-corrected chi connectivity index (χ1v) is 11.1. The van der Waals surface area contributed by atoms with Crippen LogP contribution in [0.25, 0.3) is 0 Å². The number of esters is 2. The zero-order valence-corrected chi connectivity index (χ0v) is 20.5. The molecule has 0 fully saturated rings. The lowest BCUT2D eigenvalue weighted by Gasteiger charge is -2.14. The molecule has 2 aromatic rings. The molecule has 0 unspecified atom stereocenters. The Labute approximate surface area is 212 Å². The maximum Gasteiger partial charge on any atom is 0.415 e. The van der Waals surface area contributed by atoms with Crippen molar-refractivity contribution >= 4 is 35.6 Å². The van der Waals surface area contributed by atoms with Gasteiger partial charge in [-0.1, -0.05) is 12.1 Å². The van der Waals surface area contributed by atoms with Gasteiger partial charge in [-0.15, -0.1) is 0 Å². The van der Waals surface area contributed by atoms with E-state index in [2.05, 4.69) is 20.1 Å². The molecular weight excluding hydrogens is 486 g/mol. The van der Waals surface area contributed by atoms with Crippen molar-refractivity contribution in [1.29, 1.82) is 5.41 Å². The number of benzene rings is 2. The van der Waals surface area contributed by atoms with Crippen LogP contribution < -0.4 is 15.4 Å². The Morgan fingerprint density at radius 3 is 2.05 bits per heavy atom. The van der Waals surface area contributed by atoms with Crippen molar-refractivity contribution in [3.63, 3.8) is 0 Å². The molecule has 2 amide bonds. The number of rotatable bonds is 11. The van der Waals surface area contributed by atoms with Gasteiger partial charge in [0.05, 0.1) is 12.6 Å². The molecule has 0 saturated carbocycles. The molecule has 1 atom stereocenters. The largest absolute Gasteiger partial charge is 0.482 e. The standard InChI is InChI=1S/C25H27N3O9/c1-4-34-21(30)13-35-20-11-9-17(10-12-20)22(31)15(2)27-24(32)19-7-5-18(6-8-19)23(26)28-25(33)37-14-36-16(3)29/h5-12,15H,4,13-14H2,1-3H3,(H,27,32)(H2,26,28,33)/t15-/m0/s1. The number of Topliss-reactive ketones (excluding diaryl/α,β-unsaturated/α-hetero) is 1. The molecule has 2 rings (SSSR count). The number of ketones is 1. The van der Waals surface area contributed by atoms with Gasteiger partial charge in [0, 0.05) is 23.6 Å². The van der Waals surface area contributed by atoms with Crippen LogP contribution in [-0.4, -0.2) is 61.6 Å². The van der Waals surface area contributed by atoms with E-state index in [1.165, 1.54) is 48.5 Å². The van der Waals surface area contributed by atoms with E-state index in [1.54, 1.807) is 13.8 Å². The van der Waals surface area contributed by atoms with Crippen molar-refractivity contribution in [2.75, 3.05) is 20.0 Å². The summed E-state index contributed by atoms with van der Waals surface area (Å²) in [6.45, 7) is 3.80. The monoisotopic (exact) mass is 513 g/mol. The second-order valence-electron chi connectivity index (χ2n) is 7.44. The van der Waals surface area contributed by atoms with Gasteiger partial charge in [0.25, 0.3) is 5.91 Å². The first-order valence-electron chi connectivity index (χ1n) is 11.1. The normalized spacial score (nSPS) is 10.9. The fraction of sp³-hybridized carbons (Fsp3) is 0.280. The van der Waals surface area contributed by atoms with Crippen molar-refractivity contribution in [3.8, 4) is 5.75 Å². The lowest BCUT2D eigenvalue weighted by atomic mass is 10.0. The Bertz CT molecular complexity index is 1150. The zero-order chi connectivity index (χ0) is 27.4. The number of amides is 2. The van der Waals surface area contributed by atoms with Crippen LogP contribution >= 0.6 is 0 Å². The van der Waals surface area contributed by atoms with Gasteiger partial charge in [-0.25, -0.2) is 9.59 Å². The molecule has 0 aliphatic carbocycles. The summed E-state index contributed by atoms with van der Waals surface area (Å²) in [5.41, 5.74) is 0.860. The number of hydrogen-bond donors (Lipinski definition) is 3. The van der Waals surface area contributed by atoms with Crippen LogP contribution in [0.15, 0.2) is 48.5 Å². The van der Waals surface area contributed by atoms with E-state index in [4.69, 9.17) is 14.9 Å². The SMILES string of the molecule is CCOC(=O)COc1ccc(C(=O)[C@H](C)NC(=O)c2ccc(C(=N)NC(=O)OCOC(C)=O)cc2)cc1. The van der Waals surface area contributed by atoms with Crippen LogP contribution in [0.4, 0.5) is 4.79 Å². The van der Waals surface area contributed by atoms with Crippen LogP contribution in [0.2, 0.25) is 0 Å². The highest BCUT2D eigenvalue weighted by Gasteiger charge is 2.19. The summed E-state index contributed by atoms with van der Waals surface area (Å²) in [5.74, 6) is -1.87. The molecule has 12 nitrogen and oxygen atoms in total. The highest BCUT2D eigenvalue weighted by molar-refractivity contribution is 6.06. The minimum Gasteiger partial charge on any atom is -0.482 e. The first-order chi connectivity index (χ1) is 17.6. The van der Waals surface area contributed by atoms with E-state index < -0.39 is 36.8 Å². The van der Waals surface area contributed by atoms with E-state index in [0.717, 1.165) is 6.92 Å². The van der Waals surface area contributed by atoms with Crippen LogP contribution in [0.3, 0.4) is 0 Å². The van der Waals surface area contributed by atoms with Crippen LogP contribution in [0.1, 0.15) is 47.1 Å². The molecule has 2 aromatic carbocycles. The Morgan fingerprint density at radius 1 is 0.865 bits per heavy atom. The minimum atomic E-state index is -0.987. The van der Waals surface area contributed by atoms with Crippen molar-refractivity contribution < 1.29 is 42.9 Å². The molecular formula is C25H27N3O9. The van der Waals surface area contributed by atoms with Crippen LogP contribution in [0, 0.1) is 5.41 Å². The average Bonchev–Trinajstić information content (AvgIpc) is 2.87. The molecule has 196 valence electrons. The van der Waals surface area contributed by atoms with E-state index in [9.17, 15) is 24.0 Å². The highest BCUT2D eigenvalue weighted by atomic mass is 16.7. The number of hydrogen-bond acceptors (Lipinski definition) is 10. The number of carbonyl (C=O) groups is 5. The zero-order valence-electron chi connectivity index (χ0n) is 20.5. The van der Waals surface area contributed by atoms with E-state index in [1.807, 2.05) is 0 Å². The lowest BCUT2D eigenvalue weighted by Crippen LogP contribution is -2.38. The van der Waals surface area contributed by atoms with Gasteiger partial charge in [-0.05, 0) is 50.2 Å². The Kier molecular flexibility index (Phi) is 10.8. The third-order valence-corrected chi connectivity index (χ3v) is 4.66. The number of ether oxygens (including phenoxy) is 4. The second kappa shape index (κ2) is 14.0. The summed E-state index contributed by atoms with van der Waals surface area (Å²) in [5, 5.41) is 12.7. The van der Waals surface area contributed by atoms with Gasteiger partial charge in [-0.3, -0.25) is 25.1 Å². The van der Waals surface area contributed by atoms with Gasteiger partial charge in [0.2, 0.25) is 6.79 Å². The van der Waals surface area contributed by atoms with Gasteiger partial charge >= 0.3 is 18.0 Å². The molecule has 3 N–H and O–H groups in total. The summed E-state index contributed by atoms with van der Waals surface area (Å²) in [7, 11) is 0. The molecule has 0 bridgehead atoms. The van der Waals surface area contributed by atoms with Crippen molar-refractivity contribution in [2.45, 2.75) is 26.8 Å². The summed E-state index contributed by atoms with van der Waals surface area (Å²) in [4.78, 5) is 58.9. The van der Waals surface area contributed by atoms with Crippen LogP contribution in [0.5, 0.6) is 5.75 Å². The molecule has 0 saturated heterocycles. The Hall–Kier alpha value is -4.74. The van der Waals surface area contributed by atoms with Crippen molar-refractivity contribution in [2.24, 2.45) is 0 Å². The summed E-state index contributed by atoms with van der Waals surface area (Å²) in [6, 6.07) is 11.0.